The van der Waals surface area contributed by atoms with Gasteiger partial charge in [-0.3, -0.25) is 0 Å². The first kappa shape index (κ1) is 19.0. The molecule has 1 heteroatoms. The highest BCUT2D eigenvalue weighted by molar-refractivity contribution is 4.55. The van der Waals surface area contributed by atoms with Gasteiger partial charge >= 0.3 is 0 Å². The van der Waals surface area contributed by atoms with E-state index in [-0.39, 0.29) is 6.10 Å². The average Bonchev–Trinajstić information content (AvgIpc) is 2.40. The Morgan fingerprint density at radius 1 is 0.684 bits per heavy atom. The number of unbranched alkanes of at least 4 members (excludes halogenated alkanes) is 11. The van der Waals surface area contributed by atoms with Crippen molar-refractivity contribution in [2.75, 3.05) is 0 Å². The van der Waals surface area contributed by atoms with Gasteiger partial charge in [-0.15, -0.1) is 0 Å². The molecule has 0 bridgehead atoms. The number of hydrogen-bond acceptors (Lipinski definition) is 1. The third-order valence-corrected chi connectivity index (χ3v) is 3.91. The van der Waals surface area contributed by atoms with Crippen LogP contribution in [0.5, 0.6) is 0 Å². The molecular formula is C18H37O. The van der Waals surface area contributed by atoms with E-state index in [1.54, 1.807) is 0 Å². The molecule has 0 saturated heterocycles. The van der Waals surface area contributed by atoms with Crippen molar-refractivity contribution in [3.8, 4) is 0 Å². The summed E-state index contributed by atoms with van der Waals surface area (Å²) in [7, 11) is 0. The standard InChI is InChI=1S/C18H37O/c1-3-5-6-7-8-9-10-11-12-13-14-15-17-18(19)16-4-2/h18-19H,1,3-17H2,2H3. The summed E-state index contributed by atoms with van der Waals surface area (Å²) < 4.78 is 0. The van der Waals surface area contributed by atoms with E-state index in [1.165, 1.54) is 70.6 Å². The van der Waals surface area contributed by atoms with E-state index in [1.807, 2.05) is 0 Å². The van der Waals surface area contributed by atoms with Gasteiger partial charge < -0.3 is 5.11 Å². The number of hydrogen-bond donors (Lipinski definition) is 1. The maximum atomic E-state index is 9.61. The lowest BCUT2D eigenvalue weighted by Gasteiger charge is -2.08. The van der Waals surface area contributed by atoms with E-state index in [0.717, 1.165) is 25.7 Å². The first-order valence-corrected chi connectivity index (χ1v) is 8.78. The van der Waals surface area contributed by atoms with Crippen LogP contribution in [0.15, 0.2) is 0 Å². The molecule has 19 heavy (non-hydrogen) atoms. The van der Waals surface area contributed by atoms with Gasteiger partial charge in [0.2, 0.25) is 0 Å². The van der Waals surface area contributed by atoms with Crippen LogP contribution in [0.4, 0.5) is 0 Å². The number of rotatable bonds is 15. The van der Waals surface area contributed by atoms with E-state index in [4.69, 9.17) is 0 Å². The molecule has 0 aromatic carbocycles. The molecule has 0 rings (SSSR count). The molecule has 1 radical (unpaired) electrons. The van der Waals surface area contributed by atoms with Crippen molar-refractivity contribution >= 4 is 0 Å². The summed E-state index contributed by atoms with van der Waals surface area (Å²) in [5, 5.41) is 9.61. The third-order valence-electron chi connectivity index (χ3n) is 3.91. The Kier molecular flexibility index (Phi) is 16.0. The van der Waals surface area contributed by atoms with E-state index >= 15 is 0 Å². The van der Waals surface area contributed by atoms with Crippen LogP contribution in [0, 0.1) is 6.92 Å². The first-order chi connectivity index (χ1) is 9.31. The summed E-state index contributed by atoms with van der Waals surface area (Å²) in [6.45, 7) is 6.02. The van der Waals surface area contributed by atoms with Crippen molar-refractivity contribution in [2.45, 2.75) is 109 Å². The van der Waals surface area contributed by atoms with Gasteiger partial charge in [0.1, 0.15) is 0 Å². The smallest absolute Gasteiger partial charge is 0.0540 e. The van der Waals surface area contributed by atoms with E-state index < -0.39 is 0 Å². The quantitative estimate of drug-likeness (QED) is 0.359. The van der Waals surface area contributed by atoms with Crippen LogP contribution in [-0.2, 0) is 0 Å². The van der Waals surface area contributed by atoms with Gasteiger partial charge in [-0.1, -0.05) is 97.3 Å². The zero-order valence-corrected chi connectivity index (χ0v) is 13.3. The molecule has 1 nitrogen and oxygen atoms in total. The van der Waals surface area contributed by atoms with Gasteiger partial charge in [-0.05, 0) is 12.8 Å². The highest BCUT2D eigenvalue weighted by atomic mass is 16.3. The zero-order chi connectivity index (χ0) is 14.2. The van der Waals surface area contributed by atoms with Crippen LogP contribution in [0.1, 0.15) is 103 Å². The number of aliphatic hydroxyl groups is 1. The van der Waals surface area contributed by atoms with Gasteiger partial charge in [0, 0.05) is 0 Å². The van der Waals surface area contributed by atoms with Crippen LogP contribution in [0.2, 0.25) is 0 Å². The van der Waals surface area contributed by atoms with Gasteiger partial charge in [0.15, 0.2) is 0 Å². The Labute approximate surface area is 122 Å². The van der Waals surface area contributed by atoms with Crippen LogP contribution in [-0.4, -0.2) is 11.2 Å². The molecule has 0 heterocycles. The van der Waals surface area contributed by atoms with Gasteiger partial charge in [0.05, 0.1) is 6.10 Å². The lowest BCUT2D eigenvalue weighted by atomic mass is 10.0. The minimum Gasteiger partial charge on any atom is -0.393 e. The van der Waals surface area contributed by atoms with Crippen LogP contribution >= 0.6 is 0 Å². The fourth-order valence-electron chi connectivity index (χ4n) is 2.63. The summed E-state index contributed by atoms with van der Waals surface area (Å²) in [5.74, 6) is 0. The van der Waals surface area contributed by atoms with Crippen LogP contribution in [0.25, 0.3) is 0 Å². The summed E-state index contributed by atoms with van der Waals surface area (Å²) in [6.07, 6.45) is 19.2. The Morgan fingerprint density at radius 3 is 1.53 bits per heavy atom. The summed E-state index contributed by atoms with van der Waals surface area (Å²) >= 11 is 0. The molecule has 0 aromatic rings. The second-order valence-electron chi connectivity index (χ2n) is 5.97. The SMILES string of the molecule is [CH2]CCCCCCCCCCCCCC(O)CCC. The summed E-state index contributed by atoms with van der Waals surface area (Å²) in [4.78, 5) is 0. The van der Waals surface area contributed by atoms with E-state index in [0.29, 0.717) is 0 Å². The maximum absolute atomic E-state index is 9.61. The topological polar surface area (TPSA) is 20.2 Å². The third kappa shape index (κ3) is 15.9. The first-order valence-electron chi connectivity index (χ1n) is 8.78. The van der Waals surface area contributed by atoms with Crippen molar-refractivity contribution in [3.05, 3.63) is 6.92 Å². The van der Waals surface area contributed by atoms with Gasteiger partial charge in [-0.2, -0.15) is 0 Å². The molecule has 0 aliphatic heterocycles. The van der Waals surface area contributed by atoms with Crippen molar-refractivity contribution in [3.63, 3.8) is 0 Å². The molecule has 0 aliphatic carbocycles. The molecule has 0 aromatic heterocycles. The molecule has 0 fully saturated rings. The molecule has 1 N–H and O–H groups in total. The molecular weight excluding hydrogens is 232 g/mol. The Bertz CT molecular complexity index is 156. The van der Waals surface area contributed by atoms with Crippen molar-refractivity contribution in [1.82, 2.24) is 0 Å². The van der Waals surface area contributed by atoms with Crippen LogP contribution < -0.4 is 0 Å². The lowest BCUT2D eigenvalue weighted by Crippen LogP contribution is -2.04. The molecule has 115 valence electrons. The molecule has 0 spiro atoms. The zero-order valence-electron chi connectivity index (χ0n) is 13.3. The van der Waals surface area contributed by atoms with Gasteiger partial charge in [0.25, 0.3) is 0 Å². The van der Waals surface area contributed by atoms with E-state index in [9.17, 15) is 5.11 Å². The molecule has 0 saturated carbocycles. The fourth-order valence-corrected chi connectivity index (χ4v) is 2.63. The summed E-state index contributed by atoms with van der Waals surface area (Å²) in [5.41, 5.74) is 0. The van der Waals surface area contributed by atoms with Crippen molar-refractivity contribution < 1.29 is 5.11 Å². The van der Waals surface area contributed by atoms with Crippen LogP contribution in [0.3, 0.4) is 0 Å². The minimum atomic E-state index is -0.0386. The highest BCUT2D eigenvalue weighted by Crippen LogP contribution is 2.13. The fraction of sp³-hybridized carbons (Fsp3) is 0.944. The van der Waals surface area contributed by atoms with Crippen molar-refractivity contribution in [2.24, 2.45) is 0 Å². The largest absolute Gasteiger partial charge is 0.393 e. The predicted molar refractivity (Wildman–Crippen MR) is 86.3 cm³/mol. The van der Waals surface area contributed by atoms with Gasteiger partial charge in [-0.25, -0.2) is 0 Å². The second-order valence-corrected chi connectivity index (χ2v) is 5.97. The van der Waals surface area contributed by atoms with Crippen molar-refractivity contribution in [1.29, 1.82) is 0 Å². The average molecular weight is 269 g/mol. The number of aliphatic hydroxyl groups excluding tert-OH is 1. The Hall–Kier alpha value is -0.0400. The second kappa shape index (κ2) is 16.0. The van der Waals surface area contributed by atoms with E-state index in [2.05, 4.69) is 13.8 Å². The lowest BCUT2D eigenvalue weighted by molar-refractivity contribution is 0.150. The Balaban J connectivity index is 2.99. The summed E-state index contributed by atoms with van der Waals surface area (Å²) in [6, 6.07) is 0. The maximum Gasteiger partial charge on any atom is 0.0540 e. The monoisotopic (exact) mass is 269 g/mol. The highest BCUT2D eigenvalue weighted by Gasteiger charge is 2.01. The molecule has 1 atom stereocenters. The molecule has 0 amide bonds. The Morgan fingerprint density at radius 2 is 1.11 bits per heavy atom. The predicted octanol–water partition coefficient (Wildman–Crippen LogP) is 6.05. The molecule has 0 aliphatic rings. The minimum absolute atomic E-state index is 0.0386. The normalized spacial score (nSPS) is 12.8. The molecule has 1 unspecified atom stereocenters.